The predicted molar refractivity (Wildman–Crippen MR) is 20.3 cm³/mol. The first-order valence-electron chi connectivity index (χ1n) is 0.752. The molecule has 0 rings (SSSR count). The quantitative estimate of drug-likeness (QED) is 0.429. The van der Waals surface area contributed by atoms with Crippen molar-refractivity contribution in [3.63, 3.8) is 0 Å². The molecule has 0 unspecified atom stereocenters. The van der Waals surface area contributed by atoms with Crippen LogP contribution in [0, 0.1) is 0 Å². The fourth-order valence-corrected chi connectivity index (χ4v) is 0. The Labute approximate surface area is 91.0 Å². The van der Waals surface area contributed by atoms with Crippen LogP contribution in [0.4, 0.5) is 4.20 Å². The van der Waals surface area contributed by atoms with Crippen molar-refractivity contribution in [2.45, 2.75) is 0 Å². The summed E-state index contributed by atoms with van der Waals surface area (Å²) in [5.41, 5.74) is 0. The molecule has 0 aliphatic heterocycles. The third-order valence-electron chi connectivity index (χ3n) is 0. The van der Waals surface area contributed by atoms with E-state index in [-0.39, 0.29) is 65.5 Å². The van der Waals surface area contributed by atoms with Gasteiger partial charge in [0, 0.05) is 35.9 Å². The molecule has 8 heavy (non-hydrogen) atoms. The average molecular weight is 227 g/mol. The summed E-state index contributed by atoms with van der Waals surface area (Å²) in [6, 6.07) is 0. The molecular weight excluding hydrogens is 224 g/mol. The van der Waals surface area contributed by atoms with Gasteiger partial charge in [-0.05, 0) is 0 Å². The Bertz CT molecular complexity index is 65.4. The van der Waals surface area contributed by atoms with E-state index in [1.54, 1.807) is 0 Å². The normalized spacial score (nSPS) is 7.38. The van der Waals surface area contributed by atoms with Gasteiger partial charge in [-0.2, -0.15) is 0 Å². The molecule has 0 aliphatic rings. The molecular formula is H3CrFNaO3PV. The zero-order chi connectivity index (χ0) is 4.50. The topological polar surface area (TPSA) is 57.5 Å². The number of hydrogen-bond acceptors (Lipinski definition) is 1. The Kier molecular flexibility index (Phi) is 25.8. The molecule has 0 saturated carbocycles. The second-order valence-electron chi connectivity index (χ2n) is 0.473. The maximum absolute atomic E-state index is 10.4. The van der Waals surface area contributed by atoms with Gasteiger partial charge in [0.25, 0.3) is 0 Å². The van der Waals surface area contributed by atoms with Crippen LogP contribution in [-0.2, 0) is 40.5 Å². The summed E-state index contributed by atoms with van der Waals surface area (Å²) in [4.78, 5) is 13.9. The summed E-state index contributed by atoms with van der Waals surface area (Å²) in [6.45, 7) is 0. The minimum atomic E-state index is -5.14. The molecule has 0 spiro atoms. The fraction of sp³-hybridized carbons (Fsp3) is 0. The van der Waals surface area contributed by atoms with Gasteiger partial charge in [0.15, 0.2) is 0 Å². The molecule has 1 radical (unpaired) electrons. The van der Waals surface area contributed by atoms with Gasteiger partial charge < -0.3 is 0 Å². The monoisotopic (exact) mass is 227 g/mol. The number of rotatable bonds is 0. The van der Waals surface area contributed by atoms with E-state index in [0.29, 0.717) is 0 Å². The molecule has 2 N–H and O–H groups in total. The van der Waals surface area contributed by atoms with E-state index in [4.69, 9.17) is 14.4 Å². The molecule has 45 valence electrons. The van der Waals surface area contributed by atoms with Crippen molar-refractivity contribution in [1.82, 2.24) is 0 Å². The maximum Gasteiger partial charge on any atom is 0 e. The molecule has 0 saturated heterocycles. The molecule has 0 aliphatic carbocycles. The predicted octanol–water partition coefficient (Wildman–Crippen LogP) is -0.605. The second-order valence-corrected chi connectivity index (χ2v) is 1.42. The van der Waals surface area contributed by atoms with Crippen LogP contribution in [0.5, 0.6) is 0 Å². The Balaban J connectivity index is -0.0000000267. The molecule has 0 aromatic carbocycles. The summed E-state index contributed by atoms with van der Waals surface area (Å²) in [5, 5.41) is 0. The molecule has 8 heteroatoms. The van der Waals surface area contributed by atoms with E-state index < -0.39 is 7.91 Å². The van der Waals surface area contributed by atoms with Gasteiger partial charge in [-0.25, -0.2) is 4.57 Å². The molecule has 0 fully saturated rings. The van der Waals surface area contributed by atoms with Crippen molar-refractivity contribution < 1.29 is 54.5 Å². The van der Waals surface area contributed by atoms with Crippen molar-refractivity contribution in [3.05, 3.63) is 0 Å². The molecule has 0 aromatic heterocycles. The van der Waals surface area contributed by atoms with Gasteiger partial charge >= 0.3 is 37.5 Å². The van der Waals surface area contributed by atoms with Crippen LogP contribution in [0.15, 0.2) is 0 Å². The first-order valence-corrected chi connectivity index (χ1v) is 2.25. The Morgan fingerprint density at radius 1 is 1.38 bits per heavy atom. The van der Waals surface area contributed by atoms with Crippen molar-refractivity contribution in [3.8, 4) is 0 Å². The summed E-state index contributed by atoms with van der Waals surface area (Å²) in [5.74, 6) is 0. The van der Waals surface area contributed by atoms with Crippen LogP contribution in [-0.4, -0.2) is 39.3 Å². The Hall–Kier alpha value is 2.20. The average Bonchev–Trinajstić information content (AvgIpc) is 0.722. The van der Waals surface area contributed by atoms with Crippen molar-refractivity contribution in [1.29, 1.82) is 0 Å². The van der Waals surface area contributed by atoms with E-state index in [1.807, 2.05) is 0 Å². The summed E-state index contributed by atoms with van der Waals surface area (Å²) in [6.07, 6.45) is 0. The fourth-order valence-electron chi connectivity index (χ4n) is 0. The number of hydrogen-bond donors (Lipinski definition) is 2. The summed E-state index contributed by atoms with van der Waals surface area (Å²) < 4.78 is 19.0. The Morgan fingerprint density at radius 3 is 1.38 bits per heavy atom. The van der Waals surface area contributed by atoms with Crippen LogP contribution in [0.2, 0.25) is 0 Å². The molecule has 0 heterocycles. The van der Waals surface area contributed by atoms with Crippen molar-refractivity contribution in [2.75, 3.05) is 0 Å². The first kappa shape index (κ1) is 22.5. The van der Waals surface area contributed by atoms with Crippen LogP contribution >= 0.6 is 7.91 Å². The Morgan fingerprint density at radius 2 is 1.38 bits per heavy atom. The van der Waals surface area contributed by atoms with Gasteiger partial charge in [-0.1, -0.05) is 0 Å². The van der Waals surface area contributed by atoms with E-state index in [2.05, 4.69) is 0 Å². The van der Waals surface area contributed by atoms with Crippen molar-refractivity contribution >= 4 is 37.5 Å². The first-order chi connectivity index (χ1) is 2.00. The van der Waals surface area contributed by atoms with Crippen LogP contribution in [0.3, 0.4) is 0 Å². The molecule has 3 nitrogen and oxygen atoms in total. The molecule has 0 aromatic rings. The van der Waals surface area contributed by atoms with Gasteiger partial charge in [0.05, 0.1) is 0 Å². The standard InChI is InChI=1S/Cr.FH2O3P.Na.V.H/c;1-5(2,3)4;;;/h;(H2,2,3,4);;;. The van der Waals surface area contributed by atoms with Crippen LogP contribution < -0.4 is 0 Å². The summed E-state index contributed by atoms with van der Waals surface area (Å²) >= 11 is 0. The zero-order valence-electron chi connectivity index (χ0n) is 2.98. The number of halogens is 1. The van der Waals surface area contributed by atoms with E-state index >= 15 is 0 Å². The van der Waals surface area contributed by atoms with E-state index in [9.17, 15) is 4.20 Å². The van der Waals surface area contributed by atoms with Crippen LogP contribution in [0.25, 0.3) is 0 Å². The minimum Gasteiger partial charge on any atom is 0 e. The molecule has 0 atom stereocenters. The zero-order valence-corrected chi connectivity index (χ0v) is 6.55. The third-order valence-corrected chi connectivity index (χ3v) is 0. The van der Waals surface area contributed by atoms with Crippen LogP contribution in [0.1, 0.15) is 0 Å². The molecule has 0 bridgehead atoms. The van der Waals surface area contributed by atoms with Gasteiger partial charge in [-0.3, -0.25) is 9.79 Å². The summed E-state index contributed by atoms with van der Waals surface area (Å²) in [7, 11) is -5.14. The van der Waals surface area contributed by atoms with Gasteiger partial charge in [0.2, 0.25) is 0 Å². The minimum absolute atomic E-state index is 0. The molecule has 0 amide bonds. The van der Waals surface area contributed by atoms with Gasteiger partial charge in [0.1, 0.15) is 0 Å². The SMILES string of the molecule is O=P(O)(O)F.[Cr].[NaH].[V]. The van der Waals surface area contributed by atoms with E-state index in [0.717, 1.165) is 0 Å². The largest absolute Gasteiger partial charge is 0 e. The maximum atomic E-state index is 10.4. The van der Waals surface area contributed by atoms with Crippen molar-refractivity contribution in [2.24, 2.45) is 0 Å². The second kappa shape index (κ2) is 9.20. The smallest absolute Gasteiger partial charge is 0 e. The third kappa shape index (κ3) is 88.0. The van der Waals surface area contributed by atoms with Gasteiger partial charge in [-0.15, -0.1) is 4.20 Å². The van der Waals surface area contributed by atoms with E-state index in [1.165, 1.54) is 0 Å².